The van der Waals surface area contributed by atoms with Crippen molar-refractivity contribution in [1.82, 2.24) is 0 Å². The molecule has 2 atom stereocenters. The van der Waals surface area contributed by atoms with E-state index in [1.165, 1.54) is 27.7 Å². The summed E-state index contributed by atoms with van der Waals surface area (Å²) in [5.74, 6) is -4.53. The molecule has 0 spiro atoms. The average Bonchev–Trinajstić information content (AvgIpc) is 2.43. The van der Waals surface area contributed by atoms with Crippen LogP contribution in [0.4, 0.5) is 0 Å². The number of hydrogen-bond acceptors (Lipinski definition) is 13. The van der Waals surface area contributed by atoms with E-state index in [1.807, 2.05) is 0 Å². The summed E-state index contributed by atoms with van der Waals surface area (Å²) in [6.45, 7) is 13.5. The molecule has 0 saturated carbocycles. The Morgan fingerprint density at radius 1 is 0.765 bits per heavy atom. The zero-order valence-corrected chi connectivity index (χ0v) is 25.5. The van der Waals surface area contributed by atoms with Gasteiger partial charge in [-0.05, 0) is 20.8 Å². The van der Waals surface area contributed by atoms with Gasteiger partial charge in [-0.1, -0.05) is 6.61 Å². The molecule has 0 rings (SSSR count). The summed E-state index contributed by atoms with van der Waals surface area (Å²) in [4.78, 5) is 40.3. The van der Waals surface area contributed by atoms with Gasteiger partial charge in [0.25, 0.3) is 0 Å². The minimum absolute atomic E-state index is 0. The van der Waals surface area contributed by atoms with Gasteiger partial charge < -0.3 is 51.4 Å². The van der Waals surface area contributed by atoms with E-state index in [9.17, 15) is 19.2 Å². The summed E-state index contributed by atoms with van der Waals surface area (Å²) in [7, 11) is 0. The van der Waals surface area contributed by atoms with Gasteiger partial charge in [0, 0.05) is 106 Å². The molecular weight excluding hydrogens is 568 g/mol. The van der Waals surface area contributed by atoms with Gasteiger partial charge in [-0.25, -0.2) is 0 Å². The fraction of sp³-hybridized carbons (Fsp3) is 0.722. The number of hydrogen-bond donors (Lipinski definition) is 5. The van der Waals surface area contributed by atoms with E-state index in [0.717, 1.165) is 20.8 Å². The summed E-state index contributed by atoms with van der Waals surface area (Å²) in [6, 6.07) is 0. The number of esters is 4. The molecule has 200 valence electrons. The fourth-order valence-corrected chi connectivity index (χ4v) is 1.03. The maximum atomic E-state index is 10.3. The predicted molar refractivity (Wildman–Crippen MR) is 106 cm³/mol. The van der Waals surface area contributed by atoms with Crippen LogP contribution in [0.2, 0.25) is 0 Å². The first-order valence-corrected chi connectivity index (χ1v) is 8.75. The third kappa shape index (κ3) is 95.2. The van der Waals surface area contributed by atoms with Crippen LogP contribution in [0.25, 0.3) is 0 Å². The molecule has 0 aromatic carbocycles. The molecule has 0 fully saturated rings. The number of carbonyl (C=O) groups excluding carboxylic acids is 4. The number of aliphatic hydroxyl groups excluding tert-OH is 4. The Kier molecular flexibility index (Phi) is 60.1. The summed E-state index contributed by atoms with van der Waals surface area (Å²) < 4.78 is 16.8. The van der Waals surface area contributed by atoms with E-state index in [2.05, 4.69) is 25.9 Å². The number of rotatable bonds is 4. The van der Waals surface area contributed by atoms with Crippen LogP contribution >= 0.6 is 0 Å². The molecule has 0 heterocycles. The Morgan fingerprint density at radius 3 is 1.00 bits per heavy atom. The first kappa shape index (κ1) is 54.6. The minimum Gasteiger partial charge on any atom is -0.436 e. The van der Waals surface area contributed by atoms with Crippen molar-refractivity contribution in [2.24, 2.45) is 0 Å². The Bertz CT molecular complexity index is 434. The van der Waals surface area contributed by atoms with Crippen LogP contribution in [0.15, 0.2) is 0 Å². The minimum atomic E-state index is -2.16. The van der Waals surface area contributed by atoms with Crippen molar-refractivity contribution in [3.63, 3.8) is 0 Å². The zero-order valence-electron chi connectivity index (χ0n) is 20.8. The molecule has 5 N–H and O–H groups in total. The summed E-state index contributed by atoms with van der Waals surface area (Å²) in [5.41, 5.74) is 0. The molecule has 0 aliphatic heterocycles. The summed E-state index contributed by atoms with van der Waals surface area (Å²) in [5, 5.41) is 40.6. The third-order valence-electron chi connectivity index (χ3n) is 1.34. The average molecular weight is 605 g/mol. The van der Waals surface area contributed by atoms with Crippen molar-refractivity contribution in [3.05, 3.63) is 6.92 Å². The van der Waals surface area contributed by atoms with Crippen molar-refractivity contribution in [2.45, 2.75) is 73.9 Å². The molecule has 0 aromatic heterocycles. The zero-order chi connectivity index (χ0) is 26.2. The molecule has 0 aliphatic rings. The Labute approximate surface area is 245 Å². The van der Waals surface area contributed by atoms with Crippen LogP contribution in [0.1, 0.15) is 55.4 Å². The largest absolute Gasteiger partial charge is 0.436 e. The van der Waals surface area contributed by atoms with Crippen LogP contribution in [0, 0.1) is 6.92 Å². The number of aliphatic hydroxyl groups is 5. The quantitative estimate of drug-likeness (QED) is 0.0890. The monoisotopic (exact) mass is 605 g/mol. The van der Waals surface area contributed by atoms with Crippen LogP contribution in [-0.2, 0) is 103 Å². The molecule has 34 heavy (non-hydrogen) atoms. The van der Waals surface area contributed by atoms with Crippen molar-refractivity contribution >= 4 is 23.9 Å². The number of carbonyl (C=O) groups is 4. The van der Waals surface area contributed by atoms with Gasteiger partial charge in [-0.15, -0.1) is 0 Å². The van der Waals surface area contributed by atoms with E-state index in [4.69, 9.17) is 25.5 Å². The van der Waals surface area contributed by atoms with Crippen molar-refractivity contribution in [2.75, 3.05) is 13.2 Å². The second kappa shape index (κ2) is 37.4. The molecule has 16 heteroatoms. The third-order valence-corrected chi connectivity index (χ3v) is 1.34. The van der Waals surface area contributed by atoms with Crippen LogP contribution in [-0.4, -0.2) is 81.2 Å². The van der Waals surface area contributed by atoms with Gasteiger partial charge in [-0.3, -0.25) is 19.2 Å². The van der Waals surface area contributed by atoms with E-state index >= 15 is 0 Å². The molecular formula is C18H37O13Ti3-. The molecule has 0 aliphatic carbocycles. The Morgan fingerprint density at radius 2 is 0.941 bits per heavy atom. The van der Waals surface area contributed by atoms with Crippen molar-refractivity contribution in [3.8, 4) is 0 Å². The van der Waals surface area contributed by atoms with Crippen LogP contribution < -0.4 is 0 Å². The molecule has 0 radical (unpaired) electrons. The van der Waals surface area contributed by atoms with Gasteiger partial charge in [0.1, 0.15) is 0 Å². The van der Waals surface area contributed by atoms with Gasteiger partial charge in [-0.2, -0.15) is 0 Å². The van der Waals surface area contributed by atoms with E-state index in [-0.39, 0.29) is 78.4 Å². The van der Waals surface area contributed by atoms with E-state index < -0.39 is 42.4 Å². The first-order valence-electron chi connectivity index (χ1n) is 8.75. The van der Waals surface area contributed by atoms with E-state index in [0.29, 0.717) is 0 Å². The van der Waals surface area contributed by atoms with Crippen LogP contribution in [0.5, 0.6) is 0 Å². The standard InChI is InChI=1S/C6H10O5.2C4H8O3.C2H6O.C2H5O.3Ti/c1-4(7)10-6(3,9)11-5(2)8;2*1-3(5)7-4(2)6;2*1-2-3;;;/h9H,1-3H3;2*3,5H,1-2H3;3H,2H2,1H3;3H,1-2H2;;;/q;;;;-1;;;. The molecule has 0 amide bonds. The summed E-state index contributed by atoms with van der Waals surface area (Å²) in [6.07, 6.45) is -1.95. The maximum Gasteiger partial charge on any atom is 0.370 e. The van der Waals surface area contributed by atoms with Gasteiger partial charge in [0.15, 0.2) is 12.6 Å². The Hall–Kier alpha value is -0.177. The molecule has 2 unspecified atom stereocenters. The number of ether oxygens (including phenoxy) is 4. The van der Waals surface area contributed by atoms with Crippen molar-refractivity contribution < 1.29 is 129 Å². The van der Waals surface area contributed by atoms with E-state index in [1.54, 1.807) is 6.92 Å². The molecule has 0 saturated heterocycles. The Balaban J connectivity index is -0.0000000437. The van der Waals surface area contributed by atoms with Crippen molar-refractivity contribution in [1.29, 1.82) is 0 Å². The predicted octanol–water partition coefficient (Wildman–Crippen LogP) is -0.642. The topological polar surface area (TPSA) is 206 Å². The fourth-order valence-electron chi connectivity index (χ4n) is 1.03. The molecule has 13 nitrogen and oxygen atoms in total. The molecule has 0 bridgehead atoms. The second-order valence-electron chi connectivity index (χ2n) is 5.04. The smallest absolute Gasteiger partial charge is 0.370 e. The van der Waals surface area contributed by atoms with Crippen LogP contribution in [0.3, 0.4) is 0 Å². The normalized spacial score (nSPS) is 9.82. The first-order chi connectivity index (χ1) is 13.9. The maximum absolute atomic E-state index is 10.3. The SMILES string of the molecule is CC(=O)OC(C)(O)OC(C)=O.CC(=O)OC(C)O.CC(=O)OC(C)O.CCO.[CH2-]CO.[Ti].[Ti].[Ti]. The van der Waals surface area contributed by atoms with Gasteiger partial charge >= 0.3 is 29.9 Å². The second-order valence-corrected chi connectivity index (χ2v) is 5.04. The van der Waals surface area contributed by atoms with Gasteiger partial charge in [0.2, 0.25) is 0 Å². The summed E-state index contributed by atoms with van der Waals surface area (Å²) >= 11 is 0. The molecule has 0 aromatic rings. The van der Waals surface area contributed by atoms with Gasteiger partial charge in [0.05, 0.1) is 0 Å².